The summed E-state index contributed by atoms with van der Waals surface area (Å²) in [4.78, 5) is 38.0. The highest BCUT2D eigenvalue weighted by molar-refractivity contribution is 5.71. The molecule has 0 radical (unpaired) electrons. The predicted octanol–water partition coefficient (Wildman–Crippen LogP) is 17.6. The van der Waals surface area contributed by atoms with Gasteiger partial charge in [-0.2, -0.15) is 0 Å². The van der Waals surface area contributed by atoms with Gasteiger partial charge in [0.15, 0.2) is 6.10 Å². The summed E-state index contributed by atoms with van der Waals surface area (Å²) in [7, 11) is 0. The molecule has 64 heavy (non-hydrogen) atoms. The third-order valence-electron chi connectivity index (χ3n) is 11.1. The summed E-state index contributed by atoms with van der Waals surface area (Å²) in [6.45, 7) is 6.45. The lowest BCUT2D eigenvalue weighted by molar-refractivity contribution is -0.167. The number of hydrogen-bond donors (Lipinski definition) is 0. The molecule has 0 saturated heterocycles. The van der Waals surface area contributed by atoms with Crippen LogP contribution in [0.1, 0.15) is 245 Å². The number of ether oxygens (including phenoxy) is 3. The smallest absolute Gasteiger partial charge is 0.306 e. The maximum atomic E-state index is 12.8. The number of allylic oxidation sites excluding steroid dienone is 14. The van der Waals surface area contributed by atoms with E-state index in [9.17, 15) is 14.4 Å². The lowest BCUT2D eigenvalue weighted by atomic mass is 10.1. The minimum Gasteiger partial charge on any atom is -0.462 e. The number of carbonyl (C=O) groups excluding carboxylic acids is 3. The summed E-state index contributed by atoms with van der Waals surface area (Å²) in [6, 6.07) is 0. The molecular formula is C58H98O6. The molecule has 0 unspecified atom stereocenters. The third kappa shape index (κ3) is 49.6. The number of unbranched alkanes of at least 4 members (excludes halogenated alkanes) is 22. The molecule has 6 nitrogen and oxygen atoms in total. The fraction of sp³-hybridized carbons (Fsp3) is 0.707. The molecule has 0 aromatic carbocycles. The Hall–Kier alpha value is -3.41. The maximum Gasteiger partial charge on any atom is 0.306 e. The average Bonchev–Trinajstić information content (AvgIpc) is 3.29. The minimum absolute atomic E-state index is 0.0952. The summed E-state index contributed by atoms with van der Waals surface area (Å²) in [5.74, 6) is -0.945. The monoisotopic (exact) mass is 891 g/mol. The summed E-state index contributed by atoms with van der Waals surface area (Å²) in [6.07, 6.45) is 67.1. The van der Waals surface area contributed by atoms with Crippen molar-refractivity contribution in [3.05, 3.63) is 85.1 Å². The molecule has 0 bridgehead atoms. The second-order valence-corrected chi connectivity index (χ2v) is 17.4. The Morgan fingerprint density at radius 2 is 0.609 bits per heavy atom. The van der Waals surface area contributed by atoms with E-state index >= 15 is 0 Å². The van der Waals surface area contributed by atoms with Gasteiger partial charge in [0, 0.05) is 19.3 Å². The topological polar surface area (TPSA) is 78.9 Å². The van der Waals surface area contributed by atoms with Gasteiger partial charge in [-0.1, -0.05) is 196 Å². The highest BCUT2D eigenvalue weighted by Gasteiger charge is 2.19. The van der Waals surface area contributed by atoms with Crippen molar-refractivity contribution in [2.45, 2.75) is 252 Å². The molecule has 0 spiro atoms. The van der Waals surface area contributed by atoms with Crippen molar-refractivity contribution in [3.63, 3.8) is 0 Å². The first-order chi connectivity index (χ1) is 31.5. The van der Waals surface area contributed by atoms with E-state index < -0.39 is 6.10 Å². The largest absolute Gasteiger partial charge is 0.462 e. The fourth-order valence-corrected chi connectivity index (χ4v) is 7.10. The van der Waals surface area contributed by atoms with Crippen LogP contribution in [0.25, 0.3) is 0 Å². The van der Waals surface area contributed by atoms with E-state index in [-0.39, 0.29) is 31.1 Å². The first-order valence-corrected chi connectivity index (χ1v) is 26.6. The molecular weight excluding hydrogens is 793 g/mol. The Balaban J connectivity index is 4.46. The highest BCUT2D eigenvalue weighted by Crippen LogP contribution is 2.13. The van der Waals surface area contributed by atoms with E-state index in [1.54, 1.807) is 0 Å². The standard InChI is InChI=1S/C58H98O6/c1-4-7-10-13-16-19-22-25-27-28-29-30-32-33-36-39-42-45-48-51-57(60)63-54-55(53-62-56(59)50-47-44-41-38-35-24-21-18-15-12-9-6-3)64-58(61)52-49-46-43-40-37-34-31-26-23-20-17-14-11-8-5-2/h7,10,16,18-19,21,25-27,29-31,33,36,55H,4-6,8-9,11-15,17,20,22-24,28,32,34-35,37-54H2,1-3H3/b10-7-,19-16-,21-18-,27-25-,30-29-,31-26-,36-33-/t55-/m1/s1. The van der Waals surface area contributed by atoms with E-state index in [2.05, 4.69) is 106 Å². The lowest BCUT2D eigenvalue weighted by Crippen LogP contribution is -2.30. The maximum absolute atomic E-state index is 12.8. The van der Waals surface area contributed by atoms with E-state index in [1.807, 2.05) is 0 Å². The molecule has 0 aromatic heterocycles. The third-order valence-corrected chi connectivity index (χ3v) is 11.1. The molecule has 0 aromatic rings. The fourth-order valence-electron chi connectivity index (χ4n) is 7.10. The van der Waals surface area contributed by atoms with Crippen LogP contribution in [-0.4, -0.2) is 37.2 Å². The van der Waals surface area contributed by atoms with Crippen LogP contribution in [-0.2, 0) is 28.6 Å². The van der Waals surface area contributed by atoms with Crippen LogP contribution in [0.2, 0.25) is 0 Å². The number of rotatable bonds is 47. The number of carbonyl (C=O) groups is 3. The quantitative estimate of drug-likeness (QED) is 0.0262. The second kappa shape index (κ2) is 52.2. The van der Waals surface area contributed by atoms with Crippen molar-refractivity contribution in [2.24, 2.45) is 0 Å². The van der Waals surface area contributed by atoms with Crippen LogP contribution in [0, 0.1) is 0 Å². The predicted molar refractivity (Wildman–Crippen MR) is 274 cm³/mol. The van der Waals surface area contributed by atoms with E-state index in [1.165, 1.54) is 89.9 Å². The second-order valence-electron chi connectivity index (χ2n) is 17.4. The highest BCUT2D eigenvalue weighted by atomic mass is 16.6. The Bertz CT molecular complexity index is 1250. The van der Waals surface area contributed by atoms with E-state index in [4.69, 9.17) is 14.2 Å². The molecule has 0 amide bonds. The van der Waals surface area contributed by atoms with Crippen molar-refractivity contribution >= 4 is 17.9 Å². The van der Waals surface area contributed by atoms with Gasteiger partial charge in [-0.15, -0.1) is 0 Å². The molecule has 0 heterocycles. The molecule has 6 heteroatoms. The van der Waals surface area contributed by atoms with Crippen LogP contribution < -0.4 is 0 Å². The zero-order valence-electron chi connectivity index (χ0n) is 41.8. The van der Waals surface area contributed by atoms with Crippen molar-refractivity contribution in [1.29, 1.82) is 0 Å². The molecule has 0 saturated carbocycles. The van der Waals surface area contributed by atoms with Gasteiger partial charge < -0.3 is 14.2 Å². The molecule has 0 rings (SSSR count). The van der Waals surface area contributed by atoms with Gasteiger partial charge in [-0.05, 0) is 116 Å². The summed E-state index contributed by atoms with van der Waals surface area (Å²) in [5, 5.41) is 0. The molecule has 0 N–H and O–H groups in total. The van der Waals surface area contributed by atoms with Crippen molar-refractivity contribution in [2.75, 3.05) is 13.2 Å². The van der Waals surface area contributed by atoms with Gasteiger partial charge in [0.05, 0.1) is 0 Å². The van der Waals surface area contributed by atoms with Crippen LogP contribution in [0.4, 0.5) is 0 Å². The van der Waals surface area contributed by atoms with Gasteiger partial charge in [0.1, 0.15) is 13.2 Å². The SMILES string of the molecule is CC/C=C\C/C=C\C/C=C\C/C=C\C/C=C\CCCCCC(=O)OC[C@@H](COC(=O)CCCCCCC/C=C\CCCCC)OC(=O)CCCCCCC/C=C\CCCCCCCC. The van der Waals surface area contributed by atoms with Crippen molar-refractivity contribution < 1.29 is 28.6 Å². The Morgan fingerprint density at radius 1 is 0.328 bits per heavy atom. The minimum atomic E-state index is -0.797. The Morgan fingerprint density at radius 3 is 1.02 bits per heavy atom. The Kier molecular flexibility index (Phi) is 49.4. The molecule has 0 aliphatic carbocycles. The number of hydrogen-bond acceptors (Lipinski definition) is 6. The number of esters is 3. The van der Waals surface area contributed by atoms with E-state index in [0.29, 0.717) is 19.3 Å². The zero-order valence-corrected chi connectivity index (χ0v) is 41.8. The van der Waals surface area contributed by atoms with Crippen LogP contribution in [0.3, 0.4) is 0 Å². The zero-order chi connectivity index (χ0) is 46.5. The average molecular weight is 891 g/mol. The molecule has 0 fully saturated rings. The van der Waals surface area contributed by atoms with Crippen molar-refractivity contribution in [1.82, 2.24) is 0 Å². The molecule has 0 aliphatic rings. The summed E-state index contributed by atoms with van der Waals surface area (Å²) >= 11 is 0. The molecule has 366 valence electrons. The van der Waals surface area contributed by atoms with Gasteiger partial charge >= 0.3 is 17.9 Å². The first kappa shape index (κ1) is 60.6. The first-order valence-electron chi connectivity index (χ1n) is 26.6. The van der Waals surface area contributed by atoms with Gasteiger partial charge in [-0.3, -0.25) is 14.4 Å². The summed E-state index contributed by atoms with van der Waals surface area (Å²) < 4.78 is 16.8. The van der Waals surface area contributed by atoms with Crippen LogP contribution in [0.5, 0.6) is 0 Å². The van der Waals surface area contributed by atoms with E-state index in [0.717, 1.165) is 116 Å². The normalized spacial score (nSPS) is 12.7. The van der Waals surface area contributed by atoms with Crippen molar-refractivity contribution in [3.8, 4) is 0 Å². The molecule has 0 aliphatic heterocycles. The van der Waals surface area contributed by atoms with Gasteiger partial charge in [0.25, 0.3) is 0 Å². The molecule has 1 atom stereocenters. The van der Waals surface area contributed by atoms with Gasteiger partial charge in [0.2, 0.25) is 0 Å². The van der Waals surface area contributed by atoms with Crippen LogP contribution >= 0.6 is 0 Å². The summed E-state index contributed by atoms with van der Waals surface area (Å²) in [5.41, 5.74) is 0. The van der Waals surface area contributed by atoms with Crippen LogP contribution in [0.15, 0.2) is 85.1 Å². The van der Waals surface area contributed by atoms with Gasteiger partial charge in [-0.25, -0.2) is 0 Å². The lowest BCUT2D eigenvalue weighted by Gasteiger charge is -2.18. The Labute approximate surface area is 395 Å².